The molecule has 4 rings (SSSR count). The van der Waals surface area contributed by atoms with Gasteiger partial charge in [-0.1, -0.05) is 87.9 Å². The van der Waals surface area contributed by atoms with Crippen LogP contribution in [0.15, 0.2) is 92.1 Å². The van der Waals surface area contributed by atoms with Crippen LogP contribution in [-0.2, 0) is 11.4 Å². The molecule has 0 atom stereocenters. The molecule has 0 radical (unpaired) electrons. The zero-order valence-electron chi connectivity index (χ0n) is 18.4. The fourth-order valence-electron chi connectivity index (χ4n) is 3.00. The molecule has 1 heterocycles. The fourth-order valence-corrected chi connectivity index (χ4v) is 5.00. The van der Waals surface area contributed by atoms with Gasteiger partial charge in [-0.2, -0.15) is 5.10 Å². The number of hydrogen-bond acceptors (Lipinski definition) is 6. The van der Waals surface area contributed by atoms with Crippen LogP contribution in [0.2, 0.25) is 0 Å². The number of rotatable bonds is 9. The van der Waals surface area contributed by atoms with E-state index in [0.29, 0.717) is 12.4 Å². The number of carbonyl (C=O) groups excluding carboxylic acids is 1. The van der Waals surface area contributed by atoms with Gasteiger partial charge in [-0.3, -0.25) is 4.79 Å². The van der Waals surface area contributed by atoms with Crippen molar-refractivity contribution in [3.63, 3.8) is 0 Å². The number of hydrazone groups is 1. The molecule has 0 fully saturated rings. The Morgan fingerprint density at radius 2 is 1.94 bits per heavy atom. The first-order valence-electron chi connectivity index (χ1n) is 10.5. The number of aromatic nitrogens is 1. The highest BCUT2D eigenvalue weighted by Gasteiger charge is 2.08. The summed E-state index contributed by atoms with van der Waals surface area (Å²) >= 11 is 6.40. The van der Waals surface area contributed by atoms with Crippen LogP contribution in [-0.4, -0.2) is 22.9 Å². The predicted octanol–water partition coefficient (Wildman–Crippen LogP) is 6.70. The second-order valence-electron chi connectivity index (χ2n) is 7.40. The van der Waals surface area contributed by atoms with Gasteiger partial charge < -0.3 is 4.74 Å². The van der Waals surface area contributed by atoms with Crippen LogP contribution < -0.4 is 10.2 Å². The Morgan fingerprint density at radius 1 is 1.15 bits per heavy atom. The zero-order chi connectivity index (χ0) is 23.8. The van der Waals surface area contributed by atoms with E-state index >= 15 is 0 Å². The van der Waals surface area contributed by atoms with Gasteiger partial charge in [0.05, 0.1) is 17.7 Å². The van der Waals surface area contributed by atoms with Crippen molar-refractivity contribution in [1.82, 2.24) is 10.4 Å². The number of ether oxygens (including phenoxy) is 1. The van der Waals surface area contributed by atoms with Crippen LogP contribution in [0.1, 0.15) is 16.7 Å². The van der Waals surface area contributed by atoms with E-state index in [9.17, 15) is 4.79 Å². The summed E-state index contributed by atoms with van der Waals surface area (Å²) in [6.45, 7) is 2.50. The minimum absolute atomic E-state index is 0.199. The maximum Gasteiger partial charge on any atom is 0.250 e. The third-order valence-electron chi connectivity index (χ3n) is 4.76. The number of benzene rings is 3. The molecule has 0 aliphatic heterocycles. The molecule has 5 nitrogen and oxygen atoms in total. The Labute approximate surface area is 215 Å². The number of amides is 1. The highest BCUT2D eigenvalue weighted by Crippen LogP contribution is 2.28. The lowest BCUT2D eigenvalue weighted by atomic mass is 10.1. The molecule has 1 N–H and O–H groups in total. The lowest BCUT2D eigenvalue weighted by Gasteiger charge is -2.10. The molecule has 1 amide bonds. The van der Waals surface area contributed by atoms with E-state index in [2.05, 4.69) is 50.5 Å². The van der Waals surface area contributed by atoms with Gasteiger partial charge in [0, 0.05) is 21.0 Å². The Bertz CT molecular complexity index is 1270. The molecule has 0 spiro atoms. The highest BCUT2D eigenvalue weighted by molar-refractivity contribution is 9.10. The molecule has 8 heteroatoms. The van der Waals surface area contributed by atoms with Crippen LogP contribution in [0, 0.1) is 6.92 Å². The van der Waals surface area contributed by atoms with Gasteiger partial charge in [0.2, 0.25) is 0 Å². The van der Waals surface area contributed by atoms with Gasteiger partial charge in [-0.25, -0.2) is 10.4 Å². The molecule has 4 aromatic rings. The monoisotopic (exact) mass is 551 g/mol. The minimum atomic E-state index is -0.199. The van der Waals surface area contributed by atoms with E-state index in [1.165, 1.54) is 28.7 Å². The van der Waals surface area contributed by atoms with E-state index in [-0.39, 0.29) is 11.7 Å². The average molecular weight is 553 g/mol. The maximum atomic E-state index is 12.3. The van der Waals surface area contributed by atoms with Crippen LogP contribution in [0.4, 0.5) is 0 Å². The quantitative estimate of drug-likeness (QED) is 0.143. The van der Waals surface area contributed by atoms with Crippen molar-refractivity contribution in [3.05, 3.63) is 99.3 Å². The zero-order valence-corrected chi connectivity index (χ0v) is 21.6. The molecular formula is C26H22BrN3O2S2. The number of aryl methyl sites for hydroxylation is 1. The van der Waals surface area contributed by atoms with Gasteiger partial charge >= 0.3 is 0 Å². The second kappa shape index (κ2) is 12.0. The number of thiazole rings is 1. The van der Waals surface area contributed by atoms with Crippen molar-refractivity contribution in [2.75, 3.05) is 5.75 Å². The Morgan fingerprint density at radius 3 is 2.74 bits per heavy atom. The van der Waals surface area contributed by atoms with E-state index < -0.39 is 0 Å². The summed E-state index contributed by atoms with van der Waals surface area (Å²) < 4.78 is 7.73. The largest absolute Gasteiger partial charge is 0.488 e. The predicted molar refractivity (Wildman–Crippen MR) is 144 cm³/mol. The first-order valence-corrected chi connectivity index (χ1v) is 13.2. The number of halogens is 1. The SMILES string of the molecule is Cc1ccc(COc2ccc(Br)cc2/C=N/NC(=O)CSc2nc(-c3ccccc3)cs2)cc1. The molecule has 0 aliphatic rings. The third kappa shape index (κ3) is 7.03. The molecule has 172 valence electrons. The molecule has 34 heavy (non-hydrogen) atoms. The van der Waals surface area contributed by atoms with Crippen LogP contribution in [0.3, 0.4) is 0 Å². The minimum Gasteiger partial charge on any atom is -0.488 e. The first kappa shape index (κ1) is 24.2. The lowest BCUT2D eigenvalue weighted by Crippen LogP contribution is -2.19. The van der Waals surface area contributed by atoms with Crippen LogP contribution in [0.5, 0.6) is 5.75 Å². The van der Waals surface area contributed by atoms with Gasteiger partial charge in [0.15, 0.2) is 4.34 Å². The first-order chi connectivity index (χ1) is 16.6. The standard InChI is InChI=1S/C26H22BrN3O2S2/c1-18-7-9-19(10-8-18)15-32-24-12-11-22(27)13-21(24)14-28-30-25(31)17-34-26-29-23(16-33-26)20-5-3-2-4-6-20/h2-14,16H,15,17H2,1H3,(H,30,31)/b28-14+. The maximum absolute atomic E-state index is 12.3. The van der Waals surface area contributed by atoms with Crippen LogP contribution >= 0.6 is 39.0 Å². The van der Waals surface area contributed by atoms with Crippen molar-refractivity contribution in [2.24, 2.45) is 5.10 Å². The third-order valence-corrected chi connectivity index (χ3v) is 7.27. The summed E-state index contributed by atoms with van der Waals surface area (Å²) in [5.41, 5.74) is 7.62. The van der Waals surface area contributed by atoms with E-state index in [1.54, 1.807) is 6.21 Å². The Kier molecular flexibility index (Phi) is 8.51. The molecule has 0 bridgehead atoms. The molecule has 0 unspecified atom stereocenters. The van der Waals surface area contributed by atoms with E-state index in [4.69, 9.17) is 4.74 Å². The number of thioether (sulfide) groups is 1. The van der Waals surface area contributed by atoms with Gasteiger partial charge in [0.1, 0.15) is 12.4 Å². The number of nitrogens with zero attached hydrogens (tertiary/aromatic N) is 2. The molecule has 3 aromatic carbocycles. The summed E-state index contributed by atoms with van der Waals surface area (Å²) in [6, 6.07) is 23.9. The van der Waals surface area contributed by atoms with Gasteiger partial charge in [0.25, 0.3) is 5.91 Å². The van der Waals surface area contributed by atoms with E-state index in [1.807, 2.05) is 66.0 Å². The molecule has 1 aromatic heterocycles. The lowest BCUT2D eigenvalue weighted by molar-refractivity contribution is -0.118. The van der Waals surface area contributed by atoms with Crippen molar-refractivity contribution in [2.45, 2.75) is 17.9 Å². The summed E-state index contributed by atoms with van der Waals surface area (Å²) in [4.78, 5) is 16.9. The van der Waals surface area contributed by atoms with Crippen molar-refractivity contribution in [3.8, 4) is 17.0 Å². The highest BCUT2D eigenvalue weighted by atomic mass is 79.9. The number of carbonyl (C=O) groups is 1. The van der Waals surface area contributed by atoms with Gasteiger partial charge in [-0.05, 0) is 30.7 Å². The molecule has 0 saturated carbocycles. The average Bonchev–Trinajstić information content (AvgIpc) is 3.33. The van der Waals surface area contributed by atoms with Gasteiger partial charge in [-0.15, -0.1) is 11.3 Å². The summed E-state index contributed by atoms with van der Waals surface area (Å²) in [5.74, 6) is 0.719. The second-order valence-corrected chi connectivity index (χ2v) is 10.4. The van der Waals surface area contributed by atoms with Crippen molar-refractivity contribution in [1.29, 1.82) is 0 Å². The Hall–Kier alpha value is -2.94. The normalized spacial score (nSPS) is 11.0. The number of nitrogens with one attached hydrogen (secondary N) is 1. The van der Waals surface area contributed by atoms with Crippen molar-refractivity contribution >= 4 is 51.2 Å². The molecular weight excluding hydrogens is 530 g/mol. The number of hydrogen-bond donors (Lipinski definition) is 1. The Balaban J connectivity index is 1.30. The summed E-state index contributed by atoms with van der Waals surface area (Å²) in [5, 5.41) is 6.12. The van der Waals surface area contributed by atoms with Crippen LogP contribution in [0.25, 0.3) is 11.3 Å². The molecule has 0 saturated heterocycles. The summed E-state index contributed by atoms with van der Waals surface area (Å²) in [6.07, 6.45) is 1.59. The topological polar surface area (TPSA) is 63.6 Å². The summed E-state index contributed by atoms with van der Waals surface area (Å²) in [7, 11) is 0. The van der Waals surface area contributed by atoms with E-state index in [0.717, 1.165) is 31.2 Å². The fraction of sp³-hybridized carbons (Fsp3) is 0.115. The van der Waals surface area contributed by atoms with Crippen molar-refractivity contribution < 1.29 is 9.53 Å². The smallest absolute Gasteiger partial charge is 0.250 e. The molecule has 0 aliphatic carbocycles.